The van der Waals surface area contributed by atoms with Crippen LogP contribution in [0.25, 0.3) is 0 Å². The minimum atomic E-state index is -3.30. The highest BCUT2D eigenvalue weighted by molar-refractivity contribution is 14.0. The van der Waals surface area contributed by atoms with Gasteiger partial charge in [0.2, 0.25) is 10.0 Å². The van der Waals surface area contributed by atoms with Crippen LogP contribution in [0, 0.1) is 0 Å². The molecule has 31 heavy (non-hydrogen) atoms. The van der Waals surface area contributed by atoms with E-state index in [4.69, 9.17) is 9.73 Å². The number of aromatic nitrogens is 3. The van der Waals surface area contributed by atoms with Crippen molar-refractivity contribution >= 4 is 40.0 Å². The zero-order valence-electron chi connectivity index (χ0n) is 18.8. The molecule has 0 radical (unpaired) electrons. The standard InChI is InChI=1S/C19H35N7O3S.HI/c1-4-20-19(21-15-18-23-22-17-7-5-6-8-26(17)18)24-9-11-25(12-10-24)30(27,28)14-13-29-16(2)3;/h16H,4-15H2,1-3H3,(H,20,21);1H. The quantitative estimate of drug-likeness (QED) is 0.284. The van der Waals surface area contributed by atoms with Gasteiger partial charge in [-0.15, -0.1) is 34.2 Å². The van der Waals surface area contributed by atoms with Gasteiger partial charge in [-0.3, -0.25) is 0 Å². The highest BCUT2D eigenvalue weighted by Gasteiger charge is 2.28. The summed E-state index contributed by atoms with van der Waals surface area (Å²) in [6, 6.07) is 0. The molecule has 0 spiro atoms. The van der Waals surface area contributed by atoms with Crippen molar-refractivity contribution in [3.8, 4) is 0 Å². The topological polar surface area (TPSA) is 105 Å². The fourth-order valence-electron chi connectivity index (χ4n) is 3.75. The van der Waals surface area contributed by atoms with Crippen LogP contribution in [0.3, 0.4) is 0 Å². The molecule has 10 nitrogen and oxygen atoms in total. The molecule has 3 heterocycles. The number of halogens is 1. The third-order valence-electron chi connectivity index (χ3n) is 5.37. The van der Waals surface area contributed by atoms with E-state index >= 15 is 0 Å². The van der Waals surface area contributed by atoms with Crippen molar-refractivity contribution in [3.63, 3.8) is 0 Å². The molecule has 12 heteroatoms. The van der Waals surface area contributed by atoms with Gasteiger partial charge in [0.05, 0.1) is 18.5 Å². The molecule has 0 aromatic carbocycles. The number of piperazine rings is 1. The van der Waals surface area contributed by atoms with Gasteiger partial charge in [-0.25, -0.2) is 13.4 Å². The lowest BCUT2D eigenvalue weighted by atomic mass is 10.2. The summed E-state index contributed by atoms with van der Waals surface area (Å²) < 4.78 is 34.3. The molecule has 0 saturated carbocycles. The van der Waals surface area contributed by atoms with Gasteiger partial charge in [0.25, 0.3) is 0 Å². The largest absolute Gasteiger partial charge is 0.378 e. The fraction of sp³-hybridized carbons (Fsp3) is 0.842. The summed E-state index contributed by atoms with van der Waals surface area (Å²) in [4.78, 5) is 6.88. The predicted octanol–water partition coefficient (Wildman–Crippen LogP) is 1.07. The van der Waals surface area contributed by atoms with Crippen molar-refractivity contribution in [2.45, 2.75) is 59.2 Å². The van der Waals surface area contributed by atoms with E-state index in [0.717, 1.165) is 43.5 Å². The maximum absolute atomic E-state index is 12.6. The van der Waals surface area contributed by atoms with Crippen LogP contribution in [0.15, 0.2) is 4.99 Å². The highest BCUT2D eigenvalue weighted by Crippen LogP contribution is 2.15. The third kappa shape index (κ3) is 7.26. The molecule has 3 rings (SSSR count). The Hall–Kier alpha value is -0.990. The number of nitrogens with zero attached hydrogens (tertiary/aromatic N) is 6. The molecule has 1 N–H and O–H groups in total. The average molecular weight is 570 g/mol. The van der Waals surface area contributed by atoms with Crippen molar-refractivity contribution in [2.75, 3.05) is 45.1 Å². The number of fused-ring (bicyclic) bond motifs is 1. The lowest BCUT2D eigenvalue weighted by molar-refractivity contribution is 0.0904. The molecule has 0 amide bonds. The van der Waals surface area contributed by atoms with Gasteiger partial charge < -0.3 is 19.5 Å². The number of nitrogens with one attached hydrogen (secondary N) is 1. The van der Waals surface area contributed by atoms with Crippen LogP contribution < -0.4 is 5.32 Å². The minimum Gasteiger partial charge on any atom is -0.378 e. The maximum Gasteiger partial charge on any atom is 0.216 e. The predicted molar refractivity (Wildman–Crippen MR) is 131 cm³/mol. The monoisotopic (exact) mass is 569 g/mol. The molecule has 2 aliphatic heterocycles. The van der Waals surface area contributed by atoms with Gasteiger partial charge in [-0.1, -0.05) is 0 Å². The smallest absolute Gasteiger partial charge is 0.216 e. The van der Waals surface area contributed by atoms with Gasteiger partial charge >= 0.3 is 0 Å². The van der Waals surface area contributed by atoms with E-state index in [1.165, 1.54) is 6.42 Å². The van der Waals surface area contributed by atoms with E-state index in [9.17, 15) is 8.42 Å². The van der Waals surface area contributed by atoms with Crippen LogP contribution in [0.4, 0.5) is 0 Å². The first-order chi connectivity index (χ1) is 14.4. The summed E-state index contributed by atoms with van der Waals surface area (Å²) >= 11 is 0. The SMILES string of the molecule is CCNC(=NCc1nnc2n1CCCC2)N1CCN(S(=O)(=O)CCOC(C)C)CC1.I. The van der Waals surface area contributed by atoms with Crippen molar-refractivity contribution in [1.29, 1.82) is 0 Å². The van der Waals surface area contributed by atoms with Crippen LogP contribution in [-0.4, -0.2) is 89.5 Å². The Morgan fingerprint density at radius 1 is 1.16 bits per heavy atom. The average Bonchev–Trinajstić information content (AvgIpc) is 3.14. The van der Waals surface area contributed by atoms with Crippen molar-refractivity contribution < 1.29 is 13.2 Å². The first-order valence-electron chi connectivity index (χ1n) is 10.9. The Kier molecular flexibility index (Phi) is 10.4. The molecule has 0 unspecified atom stereocenters. The molecule has 1 saturated heterocycles. The number of ether oxygens (including phenoxy) is 1. The summed E-state index contributed by atoms with van der Waals surface area (Å²) in [6.07, 6.45) is 3.34. The van der Waals surface area contributed by atoms with Crippen molar-refractivity contribution in [3.05, 3.63) is 11.6 Å². The number of hydrogen-bond donors (Lipinski definition) is 1. The van der Waals surface area contributed by atoms with Gasteiger partial charge in [-0.2, -0.15) is 4.31 Å². The molecule has 0 bridgehead atoms. The molecule has 0 aliphatic carbocycles. The molecule has 1 aromatic heterocycles. The minimum absolute atomic E-state index is 0. The second-order valence-electron chi connectivity index (χ2n) is 7.93. The van der Waals surface area contributed by atoms with Crippen LogP contribution >= 0.6 is 24.0 Å². The summed E-state index contributed by atoms with van der Waals surface area (Å²) in [5, 5.41) is 11.9. The molecule has 0 atom stereocenters. The van der Waals surface area contributed by atoms with E-state index in [1.807, 2.05) is 20.8 Å². The van der Waals surface area contributed by atoms with Crippen LogP contribution in [0.2, 0.25) is 0 Å². The summed E-state index contributed by atoms with van der Waals surface area (Å²) in [5.74, 6) is 2.77. The van der Waals surface area contributed by atoms with Crippen LogP contribution in [0.5, 0.6) is 0 Å². The summed E-state index contributed by atoms with van der Waals surface area (Å²) in [6.45, 7) is 10.4. The van der Waals surface area contributed by atoms with E-state index in [1.54, 1.807) is 4.31 Å². The van der Waals surface area contributed by atoms with Gasteiger partial charge in [0, 0.05) is 45.7 Å². The molecule has 178 valence electrons. The molecule has 1 fully saturated rings. The van der Waals surface area contributed by atoms with Crippen LogP contribution in [-0.2, 0) is 34.3 Å². The molecular formula is C19H36IN7O3S. The highest BCUT2D eigenvalue weighted by atomic mass is 127. The Bertz CT molecular complexity index is 820. The summed E-state index contributed by atoms with van der Waals surface area (Å²) in [5.41, 5.74) is 0. The Morgan fingerprint density at radius 2 is 1.90 bits per heavy atom. The van der Waals surface area contributed by atoms with Crippen molar-refractivity contribution in [1.82, 2.24) is 29.3 Å². The van der Waals surface area contributed by atoms with Gasteiger partial charge in [0.15, 0.2) is 11.8 Å². The van der Waals surface area contributed by atoms with Gasteiger partial charge in [0.1, 0.15) is 12.4 Å². The third-order valence-corrected chi connectivity index (χ3v) is 7.20. The van der Waals surface area contributed by atoms with Gasteiger partial charge in [-0.05, 0) is 33.6 Å². The van der Waals surface area contributed by atoms with E-state index < -0.39 is 10.0 Å². The van der Waals surface area contributed by atoms with E-state index in [2.05, 4.69) is 25.0 Å². The van der Waals surface area contributed by atoms with E-state index in [0.29, 0.717) is 32.7 Å². The first kappa shape index (κ1) is 26.3. The fourth-order valence-corrected chi connectivity index (χ4v) is 5.04. The second-order valence-corrected chi connectivity index (χ2v) is 10.0. The first-order valence-corrected chi connectivity index (χ1v) is 12.5. The normalized spacial score (nSPS) is 18.1. The lowest BCUT2D eigenvalue weighted by Gasteiger charge is -2.35. The Labute approximate surface area is 202 Å². The van der Waals surface area contributed by atoms with Crippen LogP contribution in [0.1, 0.15) is 45.3 Å². The van der Waals surface area contributed by atoms with E-state index in [-0.39, 0.29) is 42.4 Å². The maximum atomic E-state index is 12.6. The zero-order valence-corrected chi connectivity index (χ0v) is 21.9. The lowest BCUT2D eigenvalue weighted by Crippen LogP contribution is -2.54. The number of sulfonamides is 1. The second kappa shape index (κ2) is 12.3. The molecule has 2 aliphatic rings. The number of hydrogen-bond acceptors (Lipinski definition) is 6. The summed E-state index contributed by atoms with van der Waals surface area (Å²) in [7, 11) is -3.30. The number of rotatable bonds is 8. The Balaban J connectivity index is 0.00000341. The zero-order chi connectivity index (χ0) is 21.6. The number of guanidine groups is 1. The van der Waals surface area contributed by atoms with Crippen molar-refractivity contribution in [2.24, 2.45) is 4.99 Å². The molecule has 1 aromatic rings. The number of aliphatic imine (C=N–C) groups is 1. The number of aryl methyl sites for hydroxylation is 1. The molecular weight excluding hydrogens is 533 g/mol. The Morgan fingerprint density at radius 3 is 2.58 bits per heavy atom.